The number of nitrogens with zero attached hydrogens (tertiary/aromatic N) is 1. The first-order valence-electron chi connectivity index (χ1n) is 4.37. The van der Waals surface area contributed by atoms with Crippen molar-refractivity contribution in [3.8, 4) is 6.07 Å². The Balaban J connectivity index is 0. The van der Waals surface area contributed by atoms with E-state index in [1.807, 2.05) is 6.07 Å². The van der Waals surface area contributed by atoms with E-state index in [0.717, 1.165) is 25.7 Å². The van der Waals surface area contributed by atoms with Gasteiger partial charge in [0.15, 0.2) is 0 Å². The van der Waals surface area contributed by atoms with Crippen molar-refractivity contribution in [3.05, 3.63) is 0 Å². The van der Waals surface area contributed by atoms with Crippen LogP contribution < -0.4 is 29.6 Å². The molecule has 6 heteroatoms. The van der Waals surface area contributed by atoms with Crippen molar-refractivity contribution in [3.63, 3.8) is 0 Å². The average Bonchev–Trinajstić information content (AvgIpc) is 2.01. The predicted octanol–water partition coefficient (Wildman–Crippen LogP) is -1.60. The molecule has 0 aromatic rings. The van der Waals surface area contributed by atoms with Crippen LogP contribution in [0.15, 0.2) is 0 Å². The van der Waals surface area contributed by atoms with Crippen molar-refractivity contribution in [2.45, 2.75) is 38.5 Å². The van der Waals surface area contributed by atoms with Crippen molar-refractivity contribution >= 4 is 10.1 Å². The van der Waals surface area contributed by atoms with Crippen molar-refractivity contribution in [2.24, 2.45) is 0 Å². The van der Waals surface area contributed by atoms with Crippen LogP contribution in [0.4, 0.5) is 0 Å². The second kappa shape index (κ2) is 9.94. The molecule has 0 saturated heterocycles. The molecular formula is C8H14NNaO3S. The minimum Gasteiger partial charge on any atom is -0.748 e. The van der Waals surface area contributed by atoms with Gasteiger partial charge in [-0.05, 0) is 12.8 Å². The first-order valence-corrected chi connectivity index (χ1v) is 5.94. The summed E-state index contributed by atoms with van der Waals surface area (Å²) in [6.45, 7) is 0. The maximum Gasteiger partial charge on any atom is 1.00 e. The van der Waals surface area contributed by atoms with Gasteiger partial charge in [-0.1, -0.05) is 19.3 Å². The van der Waals surface area contributed by atoms with Crippen LogP contribution in [0.2, 0.25) is 0 Å². The summed E-state index contributed by atoms with van der Waals surface area (Å²) < 4.78 is 30.5. The Morgan fingerprint density at radius 1 is 1.07 bits per heavy atom. The predicted molar refractivity (Wildman–Crippen MR) is 47.9 cm³/mol. The van der Waals surface area contributed by atoms with Crippen LogP contribution in [0.3, 0.4) is 0 Å². The zero-order valence-corrected chi connectivity index (χ0v) is 11.3. The van der Waals surface area contributed by atoms with Gasteiger partial charge >= 0.3 is 29.6 Å². The molecule has 0 fully saturated rings. The second-order valence-electron chi connectivity index (χ2n) is 2.94. The monoisotopic (exact) mass is 227 g/mol. The van der Waals surface area contributed by atoms with Gasteiger partial charge in [-0.25, -0.2) is 8.42 Å². The van der Waals surface area contributed by atoms with Crippen molar-refractivity contribution in [1.29, 1.82) is 5.26 Å². The third-order valence-electron chi connectivity index (χ3n) is 1.68. The van der Waals surface area contributed by atoms with Crippen LogP contribution in [0.25, 0.3) is 0 Å². The minimum atomic E-state index is -4.02. The molecule has 14 heavy (non-hydrogen) atoms. The van der Waals surface area contributed by atoms with Gasteiger partial charge in [0, 0.05) is 12.2 Å². The average molecular weight is 227 g/mol. The summed E-state index contributed by atoms with van der Waals surface area (Å²) in [6, 6.07) is 2.04. The van der Waals surface area contributed by atoms with Crippen LogP contribution in [0.5, 0.6) is 0 Å². The zero-order valence-electron chi connectivity index (χ0n) is 8.53. The summed E-state index contributed by atoms with van der Waals surface area (Å²) in [4.78, 5) is 0. The van der Waals surface area contributed by atoms with Gasteiger partial charge in [-0.15, -0.1) is 0 Å². The summed E-state index contributed by atoms with van der Waals surface area (Å²) in [5.74, 6) is -0.259. The third kappa shape index (κ3) is 14.9. The Morgan fingerprint density at radius 3 is 2.07 bits per heavy atom. The van der Waals surface area contributed by atoms with Crippen LogP contribution in [-0.2, 0) is 10.1 Å². The molecule has 0 spiro atoms. The Morgan fingerprint density at radius 2 is 1.57 bits per heavy atom. The SMILES string of the molecule is N#CCCCCCCCS(=O)(=O)[O-].[Na+]. The maximum absolute atomic E-state index is 10.2. The summed E-state index contributed by atoms with van der Waals surface area (Å²) in [5.41, 5.74) is 0. The maximum atomic E-state index is 10.2. The summed E-state index contributed by atoms with van der Waals surface area (Å²) >= 11 is 0. The Labute approximate surface area is 108 Å². The van der Waals surface area contributed by atoms with Crippen molar-refractivity contribution in [1.82, 2.24) is 0 Å². The van der Waals surface area contributed by atoms with E-state index >= 15 is 0 Å². The van der Waals surface area contributed by atoms with E-state index in [-0.39, 0.29) is 35.3 Å². The minimum absolute atomic E-state index is 0. The Hall–Kier alpha value is 0.400. The van der Waals surface area contributed by atoms with E-state index in [0.29, 0.717) is 12.8 Å². The van der Waals surface area contributed by atoms with Gasteiger partial charge in [0.05, 0.1) is 16.2 Å². The van der Waals surface area contributed by atoms with Gasteiger partial charge in [0.25, 0.3) is 0 Å². The first kappa shape index (κ1) is 16.8. The van der Waals surface area contributed by atoms with Gasteiger partial charge in [-0.3, -0.25) is 0 Å². The molecule has 0 aliphatic heterocycles. The molecule has 0 aromatic carbocycles. The van der Waals surface area contributed by atoms with Gasteiger partial charge in [-0.2, -0.15) is 5.26 Å². The molecule has 0 radical (unpaired) electrons. The van der Waals surface area contributed by atoms with E-state index in [1.165, 1.54) is 0 Å². The molecule has 76 valence electrons. The van der Waals surface area contributed by atoms with Crippen molar-refractivity contribution in [2.75, 3.05) is 5.75 Å². The molecule has 0 unspecified atom stereocenters. The molecule has 0 aromatic heterocycles. The van der Waals surface area contributed by atoms with Gasteiger partial charge in [0.1, 0.15) is 0 Å². The first-order chi connectivity index (χ1) is 6.06. The van der Waals surface area contributed by atoms with Gasteiger partial charge in [0.2, 0.25) is 0 Å². The molecule has 0 aliphatic carbocycles. The molecular weight excluding hydrogens is 213 g/mol. The van der Waals surface area contributed by atoms with Gasteiger partial charge < -0.3 is 4.55 Å². The number of unbranched alkanes of at least 4 members (excludes halogenated alkanes) is 5. The van der Waals surface area contributed by atoms with E-state index in [1.54, 1.807) is 0 Å². The molecule has 0 saturated carbocycles. The Bertz CT molecular complexity index is 258. The quantitative estimate of drug-likeness (QED) is 0.298. The fourth-order valence-electron chi connectivity index (χ4n) is 1.01. The van der Waals surface area contributed by atoms with Crippen molar-refractivity contribution < 1.29 is 42.5 Å². The van der Waals surface area contributed by atoms with E-state index in [2.05, 4.69) is 0 Å². The summed E-state index contributed by atoms with van der Waals surface area (Å²) in [7, 11) is -4.02. The molecule has 0 amide bonds. The summed E-state index contributed by atoms with van der Waals surface area (Å²) in [6.07, 6.45) is 4.45. The van der Waals surface area contributed by atoms with Crippen LogP contribution in [-0.4, -0.2) is 18.7 Å². The molecule has 0 rings (SSSR count). The molecule has 0 heterocycles. The summed E-state index contributed by atoms with van der Waals surface area (Å²) in [5, 5.41) is 8.20. The number of nitriles is 1. The fraction of sp³-hybridized carbons (Fsp3) is 0.875. The topological polar surface area (TPSA) is 81.0 Å². The van der Waals surface area contributed by atoms with Crippen LogP contribution in [0.1, 0.15) is 38.5 Å². The third-order valence-corrected chi connectivity index (χ3v) is 2.47. The van der Waals surface area contributed by atoms with Crippen LogP contribution in [0, 0.1) is 11.3 Å². The molecule has 0 aliphatic rings. The van der Waals surface area contributed by atoms with Crippen LogP contribution >= 0.6 is 0 Å². The number of rotatable bonds is 7. The van der Waals surface area contributed by atoms with E-state index < -0.39 is 10.1 Å². The molecule has 0 atom stereocenters. The van der Waals surface area contributed by atoms with E-state index in [4.69, 9.17) is 5.26 Å². The molecule has 0 bridgehead atoms. The normalized spacial score (nSPS) is 10.3. The standard InChI is InChI=1S/C8H15NO3S.Na/c9-7-5-3-1-2-4-6-8-13(10,11)12;/h1-6,8H2,(H,10,11,12);/q;+1/p-1. The number of hydrogen-bond donors (Lipinski definition) is 0. The smallest absolute Gasteiger partial charge is 0.748 e. The number of hydrogen-bond acceptors (Lipinski definition) is 4. The van der Waals surface area contributed by atoms with E-state index in [9.17, 15) is 13.0 Å². The molecule has 0 N–H and O–H groups in total. The Kier molecular flexibility index (Phi) is 11.9. The fourth-order valence-corrected chi connectivity index (χ4v) is 1.57. The largest absolute Gasteiger partial charge is 1.00 e. The second-order valence-corrected chi connectivity index (χ2v) is 4.46. The molecule has 4 nitrogen and oxygen atoms in total. The zero-order chi connectivity index (χ0) is 10.2.